The van der Waals surface area contributed by atoms with E-state index in [0.29, 0.717) is 5.56 Å². The maximum absolute atomic E-state index is 14.5. The zero-order valence-corrected chi connectivity index (χ0v) is 25.7. The fourth-order valence-electron chi connectivity index (χ4n) is 3.43. The molecule has 2 aromatic carbocycles. The normalized spacial score (nSPS) is 10.9. The topological polar surface area (TPSA) is 236 Å². The van der Waals surface area contributed by atoms with Crippen molar-refractivity contribution in [3.8, 4) is 17.0 Å². The van der Waals surface area contributed by atoms with Crippen LogP contribution in [0.25, 0.3) is 11.3 Å². The molecule has 0 radical (unpaired) electrons. The number of nitrogens with two attached hydrogens (primary N) is 2. The molecule has 0 aliphatic heterocycles. The lowest BCUT2D eigenvalue weighted by Gasteiger charge is -2.17. The van der Waals surface area contributed by atoms with Crippen LogP contribution in [-0.4, -0.2) is 68.9 Å². The van der Waals surface area contributed by atoms with E-state index in [4.69, 9.17) is 41.4 Å². The summed E-state index contributed by atoms with van der Waals surface area (Å²) < 4.78 is 84.2. The predicted molar refractivity (Wildman–Crippen MR) is 160 cm³/mol. The Morgan fingerprint density at radius 3 is 1.94 bits per heavy atom. The van der Waals surface area contributed by atoms with Crippen molar-refractivity contribution in [1.29, 1.82) is 5.41 Å². The van der Waals surface area contributed by atoms with Crippen LogP contribution in [0.1, 0.15) is 25.0 Å². The van der Waals surface area contributed by atoms with E-state index < -0.39 is 41.6 Å². The number of nitrogens with one attached hydrogen (secondary N) is 3. The first-order valence-corrected chi connectivity index (χ1v) is 13.3. The second-order valence-corrected chi connectivity index (χ2v) is 9.76. The zero-order valence-electron chi connectivity index (χ0n) is 25.7. The highest BCUT2D eigenvalue weighted by molar-refractivity contribution is 5.94. The molecule has 0 saturated carbocycles. The van der Waals surface area contributed by atoms with Crippen molar-refractivity contribution < 1.29 is 60.1 Å². The average Bonchev–Trinajstić information content (AvgIpc) is 2.97. The van der Waals surface area contributed by atoms with E-state index >= 15 is 0 Å². The smallest absolute Gasteiger partial charge is 0.490 e. The van der Waals surface area contributed by atoms with Crippen LogP contribution in [0.15, 0.2) is 47.4 Å². The number of alkyl halides is 6. The lowest BCUT2D eigenvalue weighted by molar-refractivity contribution is -0.193. The van der Waals surface area contributed by atoms with E-state index in [-0.39, 0.29) is 53.5 Å². The number of hydrogen-bond donors (Lipinski definition) is 7. The molecule has 9 N–H and O–H groups in total. The number of amides is 1. The summed E-state index contributed by atoms with van der Waals surface area (Å²) in [6.07, 6.45) is -8.78. The Hall–Kier alpha value is -5.89. The van der Waals surface area contributed by atoms with Crippen LogP contribution in [-0.2, 0) is 27.5 Å². The molecular weight excluding hydrogens is 679 g/mol. The summed E-state index contributed by atoms with van der Waals surface area (Å²) in [7, 11) is 1.30. The van der Waals surface area contributed by atoms with Gasteiger partial charge >= 0.3 is 24.3 Å². The second-order valence-electron chi connectivity index (χ2n) is 9.76. The third-order valence-corrected chi connectivity index (χ3v) is 5.59. The molecule has 0 fully saturated rings. The molecule has 1 heterocycles. The predicted octanol–water partition coefficient (Wildman–Crippen LogP) is 3.33. The van der Waals surface area contributed by atoms with Gasteiger partial charge in [0.15, 0.2) is 17.4 Å². The second kappa shape index (κ2) is 17.3. The van der Waals surface area contributed by atoms with Crippen molar-refractivity contribution in [2.45, 2.75) is 45.3 Å². The summed E-state index contributed by atoms with van der Waals surface area (Å²) in [5.74, 6) is -6.75. The number of amidine groups is 1. The van der Waals surface area contributed by atoms with Gasteiger partial charge in [-0.05, 0) is 31.5 Å². The van der Waals surface area contributed by atoms with Crippen LogP contribution in [0.5, 0.6) is 5.75 Å². The SMILES string of the molecule is COc1c(N)cc(-c2cnc(NC(C)C)c(=O)n2CC(=O)NCc2ccc(C(=N)N)cc2)cc1F.O=C(O)C(F)(F)F.O=C(O)C(F)(F)F. The molecule has 268 valence electrons. The standard InChI is InChI=1S/C24H28FN7O3.2C2HF3O2/c1-13(2)31-23-24(34)32(12-20(33)29-10-14-4-6-15(7-5-14)22(27)28)19(11-30-23)16-8-17(25)21(35-3)18(26)9-16;2*3-2(4,5)1(6)7/h4-9,11,13H,10,12,26H2,1-3H3,(H3,27,28)(H,29,33)(H,30,31);2*(H,6,7). The van der Waals surface area contributed by atoms with Crippen LogP contribution in [0, 0.1) is 11.2 Å². The van der Waals surface area contributed by atoms with Gasteiger partial charge in [-0.15, -0.1) is 0 Å². The minimum atomic E-state index is -5.08. The van der Waals surface area contributed by atoms with Crippen molar-refractivity contribution in [2.75, 3.05) is 18.2 Å². The van der Waals surface area contributed by atoms with Gasteiger partial charge < -0.3 is 37.1 Å². The van der Waals surface area contributed by atoms with E-state index in [1.54, 1.807) is 24.3 Å². The molecule has 3 aromatic rings. The van der Waals surface area contributed by atoms with Gasteiger partial charge in [0.2, 0.25) is 5.91 Å². The molecule has 49 heavy (non-hydrogen) atoms. The minimum Gasteiger partial charge on any atom is -0.492 e. The molecule has 21 heteroatoms. The number of methoxy groups -OCH3 is 1. The number of carboxylic acids is 2. The Morgan fingerprint density at radius 1 is 1.02 bits per heavy atom. The first kappa shape index (κ1) is 41.1. The van der Waals surface area contributed by atoms with Gasteiger partial charge in [-0.2, -0.15) is 26.3 Å². The summed E-state index contributed by atoms with van der Waals surface area (Å²) in [6.45, 7) is 3.57. The van der Waals surface area contributed by atoms with Gasteiger partial charge in [0.05, 0.1) is 24.7 Å². The Kier molecular flexibility index (Phi) is 14.5. The summed E-state index contributed by atoms with van der Waals surface area (Å²) >= 11 is 0. The number of benzene rings is 2. The number of rotatable bonds is 9. The molecule has 0 saturated heterocycles. The molecule has 0 atom stereocenters. The molecule has 1 amide bonds. The molecule has 0 aliphatic carbocycles. The van der Waals surface area contributed by atoms with Gasteiger partial charge in [0.25, 0.3) is 5.56 Å². The fourth-order valence-corrected chi connectivity index (χ4v) is 3.43. The molecule has 14 nitrogen and oxygen atoms in total. The summed E-state index contributed by atoms with van der Waals surface area (Å²) in [4.78, 5) is 47.9. The molecular formula is C28H30F7N7O7. The monoisotopic (exact) mass is 709 g/mol. The van der Waals surface area contributed by atoms with Gasteiger partial charge in [0.1, 0.15) is 12.4 Å². The Bertz CT molecular complexity index is 1660. The quantitative estimate of drug-likeness (QED) is 0.0737. The number of anilines is 2. The van der Waals surface area contributed by atoms with Crippen LogP contribution in [0.2, 0.25) is 0 Å². The first-order chi connectivity index (χ1) is 22.5. The fraction of sp³-hybridized carbons (Fsp3) is 0.286. The van der Waals surface area contributed by atoms with Crippen LogP contribution < -0.4 is 32.4 Å². The van der Waals surface area contributed by atoms with Crippen LogP contribution >= 0.6 is 0 Å². The molecule has 1 aromatic heterocycles. The van der Waals surface area contributed by atoms with Gasteiger partial charge in [-0.3, -0.25) is 19.6 Å². The van der Waals surface area contributed by atoms with Crippen molar-refractivity contribution in [1.82, 2.24) is 14.9 Å². The third-order valence-electron chi connectivity index (χ3n) is 5.59. The van der Waals surface area contributed by atoms with Crippen LogP contribution in [0.3, 0.4) is 0 Å². The molecule has 0 spiro atoms. The van der Waals surface area contributed by atoms with E-state index in [9.17, 15) is 40.3 Å². The van der Waals surface area contributed by atoms with Crippen molar-refractivity contribution in [3.63, 3.8) is 0 Å². The zero-order chi connectivity index (χ0) is 37.9. The largest absolute Gasteiger partial charge is 0.492 e. The summed E-state index contributed by atoms with van der Waals surface area (Å²) in [5.41, 5.74) is 12.7. The van der Waals surface area contributed by atoms with E-state index in [1.807, 2.05) is 13.8 Å². The molecule has 3 rings (SSSR count). The number of nitrogens with zero attached hydrogens (tertiary/aromatic N) is 2. The number of ether oxygens (including phenoxy) is 1. The number of carbonyl (C=O) groups excluding carboxylic acids is 1. The summed E-state index contributed by atoms with van der Waals surface area (Å²) in [5, 5.41) is 27.4. The summed E-state index contributed by atoms with van der Waals surface area (Å²) in [6, 6.07) is 9.41. The Labute approximate surface area is 272 Å². The van der Waals surface area contributed by atoms with E-state index in [1.165, 1.54) is 30.0 Å². The highest BCUT2D eigenvalue weighted by Gasteiger charge is 2.38. The number of carbonyl (C=O) groups is 3. The van der Waals surface area contributed by atoms with Crippen molar-refractivity contribution in [2.24, 2.45) is 5.73 Å². The van der Waals surface area contributed by atoms with E-state index in [0.717, 1.165) is 5.56 Å². The highest BCUT2D eigenvalue weighted by atomic mass is 19.4. The maximum Gasteiger partial charge on any atom is 0.490 e. The van der Waals surface area contributed by atoms with Gasteiger partial charge in [-0.1, -0.05) is 24.3 Å². The maximum atomic E-state index is 14.5. The molecule has 0 unspecified atom stereocenters. The number of aromatic nitrogens is 2. The molecule has 0 aliphatic rings. The first-order valence-electron chi connectivity index (χ1n) is 13.3. The number of nitrogen functional groups attached to an aromatic ring is 2. The number of halogens is 7. The Balaban J connectivity index is 0.000000717. The van der Waals surface area contributed by atoms with Crippen LogP contribution in [0.4, 0.5) is 42.2 Å². The third kappa shape index (κ3) is 13.0. The number of aliphatic carboxylic acids is 2. The van der Waals surface area contributed by atoms with Gasteiger partial charge in [0, 0.05) is 23.7 Å². The minimum absolute atomic E-state index is 0.0457. The lowest BCUT2D eigenvalue weighted by atomic mass is 10.1. The Morgan fingerprint density at radius 2 is 1.53 bits per heavy atom. The highest BCUT2D eigenvalue weighted by Crippen LogP contribution is 2.31. The average molecular weight is 710 g/mol. The van der Waals surface area contributed by atoms with E-state index in [2.05, 4.69) is 15.6 Å². The number of carboxylic acid groups (broad SMARTS) is 2. The van der Waals surface area contributed by atoms with Gasteiger partial charge in [-0.25, -0.2) is 19.0 Å². The lowest BCUT2D eigenvalue weighted by Crippen LogP contribution is -2.35. The number of hydrogen-bond acceptors (Lipinski definition) is 9. The molecule has 0 bridgehead atoms. The van der Waals surface area contributed by atoms with Crippen molar-refractivity contribution >= 4 is 35.2 Å². The van der Waals surface area contributed by atoms with Crippen molar-refractivity contribution in [3.05, 3.63) is 69.9 Å².